The van der Waals surface area contributed by atoms with Gasteiger partial charge in [0.05, 0.1) is 0 Å². The van der Waals surface area contributed by atoms with Crippen LogP contribution in [0.2, 0.25) is 0 Å². The molecule has 0 radical (unpaired) electrons. The van der Waals surface area contributed by atoms with Crippen LogP contribution in [-0.2, 0) is 4.79 Å². The molecule has 0 saturated carbocycles. The molecule has 0 saturated heterocycles. The van der Waals surface area contributed by atoms with Crippen molar-refractivity contribution in [3.8, 4) is 5.75 Å². The smallest absolute Gasteiger partial charge is 0.234 e. The van der Waals surface area contributed by atoms with Crippen LogP contribution in [0.3, 0.4) is 0 Å². The van der Waals surface area contributed by atoms with Gasteiger partial charge >= 0.3 is 0 Å². The summed E-state index contributed by atoms with van der Waals surface area (Å²) in [6, 6.07) is 3.65. The van der Waals surface area contributed by atoms with E-state index in [1.807, 2.05) is 38.1 Å². The van der Waals surface area contributed by atoms with Gasteiger partial charge in [-0.25, -0.2) is 0 Å². The summed E-state index contributed by atoms with van der Waals surface area (Å²) >= 11 is 0. The van der Waals surface area contributed by atoms with Gasteiger partial charge in [-0.05, 0) is 37.6 Å². The van der Waals surface area contributed by atoms with Crippen molar-refractivity contribution in [3.63, 3.8) is 0 Å². The fourth-order valence-electron chi connectivity index (χ4n) is 2.23. The van der Waals surface area contributed by atoms with Gasteiger partial charge in [0.1, 0.15) is 11.4 Å². The predicted octanol–water partition coefficient (Wildman–Crippen LogP) is 2.65. The van der Waals surface area contributed by atoms with E-state index in [0.29, 0.717) is 16.9 Å². The summed E-state index contributed by atoms with van der Waals surface area (Å²) in [5, 5.41) is 0. The van der Waals surface area contributed by atoms with Gasteiger partial charge in [0, 0.05) is 11.1 Å². The lowest BCUT2D eigenvalue weighted by molar-refractivity contribution is -0.110. The summed E-state index contributed by atoms with van der Waals surface area (Å²) in [5.74, 6) is -0.288. The zero-order valence-corrected chi connectivity index (χ0v) is 10.2. The van der Waals surface area contributed by atoms with Crippen LogP contribution in [0.5, 0.6) is 5.75 Å². The second kappa shape index (κ2) is 3.42. The second-order valence-electron chi connectivity index (χ2n) is 5.01. The fourth-order valence-corrected chi connectivity index (χ4v) is 2.23. The molecular weight excluding hydrogens is 228 g/mol. The molecule has 1 aromatic rings. The fraction of sp³-hybridized carbons (Fsp3) is 0.200. The van der Waals surface area contributed by atoms with Crippen LogP contribution in [0.25, 0.3) is 12.2 Å². The number of hydrogen-bond donors (Lipinski definition) is 0. The molecule has 3 rings (SSSR count). The molecule has 0 unspecified atom stereocenters. The SMILES string of the molecule is CC1(C)C=Cc2c(ccc3c2C(=O)C(=O)C=C3)O1. The lowest BCUT2D eigenvalue weighted by Gasteiger charge is -2.29. The maximum Gasteiger partial charge on any atom is 0.234 e. The third kappa shape index (κ3) is 1.51. The molecule has 0 fully saturated rings. The number of Topliss-reactive ketones (excluding diaryl/α,β-unsaturated/α-hetero) is 1. The van der Waals surface area contributed by atoms with E-state index in [9.17, 15) is 9.59 Å². The van der Waals surface area contributed by atoms with Gasteiger partial charge in [-0.15, -0.1) is 0 Å². The van der Waals surface area contributed by atoms with E-state index in [4.69, 9.17) is 4.74 Å². The maximum absolute atomic E-state index is 12.0. The summed E-state index contributed by atoms with van der Waals surface area (Å²) in [5.41, 5.74) is 1.53. The molecule has 18 heavy (non-hydrogen) atoms. The van der Waals surface area contributed by atoms with Crippen LogP contribution in [0.4, 0.5) is 0 Å². The van der Waals surface area contributed by atoms with Crippen molar-refractivity contribution < 1.29 is 14.3 Å². The van der Waals surface area contributed by atoms with Gasteiger partial charge < -0.3 is 4.74 Å². The van der Waals surface area contributed by atoms with Gasteiger partial charge in [-0.1, -0.05) is 18.2 Å². The van der Waals surface area contributed by atoms with Crippen LogP contribution in [0.1, 0.15) is 35.3 Å². The number of ketones is 2. The first kappa shape index (κ1) is 11.0. The second-order valence-corrected chi connectivity index (χ2v) is 5.01. The number of benzene rings is 1. The van der Waals surface area contributed by atoms with E-state index < -0.39 is 17.2 Å². The number of carbonyl (C=O) groups is 2. The lowest BCUT2D eigenvalue weighted by atomic mass is 9.88. The molecule has 1 aromatic carbocycles. The summed E-state index contributed by atoms with van der Waals surface area (Å²) in [4.78, 5) is 23.4. The maximum atomic E-state index is 12.0. The Labute approximate surface area is 105 Å². The molecule has 1 aliphatic carbocycles. The van der Waals surface area contributed by atoms with Crippen molar-refractivity contribution >= 4 is 23.7 Å². The highest BCUT2D eigenvalue weighted by Gasteiger charge is 2.29. The molecular formula is C15H12O3. The van der Waals surface area contributed by atoms with Crippen molar-refractivity contribution in [3.05, 3.63) is 41.0 Å². The average molecular weight is 240 g/mol. The van der Waals surface area contributed by atoms with E-state index in [1.54, 1.807) is 6.08 Å². The topological polar surface area (TPSA) is 43.4 Å². The Morgan fingerprint density at radius 1 is 1.06 bits per heavy atom. The Kier molecular flexibility index (Phi) is 2.08. The summed E-state index contributed by atoms with van der Waals surface area (Å²) in [6.45, 7) is 3.89. The molecule has 1 aliphatic heterocycles. The zero-order chi connectivity index (χ0) is 12.9. The molecule has 0 spiro atoms. The van der Waals surface area contributed by atoms with E-state index >= 15 is 0 Å². The van der Waals surface area contributed by atoms with Gasteiger partial charge in [0.15, 0.2) is 0 Å². The van der Waals surface area contributed by atoms with Crippen molar-refractivity contribution in [1.29, 1.82) is 0 Å². The number of fused-ring (bicyclic) bond motifs is 3. The Bertz CT molecular complexity index is 633. The van der Waals surface area contributed by atoms with Crippen molar-refractivity contribution in [2.24, 2.45) is 0 Å². The first-order valence-electron chi connectivity index (χ1n) is 5.80. The van der Waals surface area contributed by atoms with Crippen molar-refractivity contribution in [2.75, 3.05) is 0 Å². The van der Waals surface area contributed by atoms with E-state index in [2.05, 4.69) is 0 Å². The standard InChI is InChI=1S/C15H12O3/c1-15(2)8-7-10-12(18-15)6-4-9-3-5-11(16)14(17)13(9)10/h3-8H,1-2H3. The molecule has 0 amide bonds. The van der Waals surface area contributed by atoms with E-state index in [-0.39, 0.29) is 0 Å². The van der Waals surface area contributed by atoms with Crippen LogP contribution >= 0.6 is 0 Å². The third-order valence-corrected chi connectivity index (χ3v) is 3.13. The quantitative estimate of drug-likeness (QED) is 0.655. The van der Waals surface area contributed by atoms with Gasteiger partial charge in [0.25, 0.3) is 0 Å². The number of carbonyl (C=O) groups excluding carboxylic acids is 2. The van der Waals surface area contributed by atoms with Crippen molar-refractivity contribution in [1.82, 2.24) is 0 Å². The normalized spacial score (nSPS) is 19.2. The summed E-state index contributed by atoms with van der Waals surface area (Å²) < 4.78 is 5.79. The first-order chi connectivity index (χ1) is 8.48. The van der Waals surface area contributed by atoms with E-state index in [0.717, 1.165) is 5.56 Å². The lowest BCUT2D eigenvalue weighted by Crippen LogP contribution is -2.29. The molecule has 1 heterocycles. The molecule has 3 nitrogen and oxygen atoms in total. The number of rotatable bonds is 0. The van der Waals surface area contributed by atoms with Crippen LogP contribution < -0.4 is 4.74 Å². The highest BCUT2D eigenvalue weighted by atomic mass is 16.5. The molecule has 0 N–H and O–H groups in total. The van der Waals surface area contributed by atoms with Crippen LogP contribution in [0.15, 0.2) is 24.3 Å². The monoisotopic (exact) mass is 240 g/mol. The van der Waals surface area contributed by atoms with Crippen LogP contribution in [-0.4, -0.2) is 17.2 Å². The van der Waals surface area contributed by atoms with E-state index in [1.165, 1.54) is 6.08 Å². The zero-order valence-electron chi connectivity index (χ0n) is 10.2. The summed E-state index contributed by atoms with van der Waals surface area (Å²) in [7, 11) is 0. The largest absolute Gasteiger partial charge is 0.483 e. The highest BCUT2D eigenvalue weighted by Crippen LogP contribution is 2.36. The Morgan fingerprint density at radius 2 is 1.83 bits per heavy atom. The predicted molar refractivity (Wildman–Crippen MR) is 68.6 cm³/mol. The average Bonchev–Trinajstić information content (AvgIpc) is 2.32. The Balaban J connectivity index is 2.25. The molecule has 0 bridgehead atoms. The van der Waals surface area contributed by atoms with Crippen molar-refractivity contribution in [2.45, 2.75) is 19.4 Å². The Hall–Kier alpha value is -2.16. The highest BCUT2D eigenvalue weighted by molar-refractivity contribution is 6.50. The first-order valence-corrected chi connectivity index (χ1v) is 5.80. The number of allylic oxidation sites excluding steroid dienone is 1. The minimum atomic E-state index is -0.478. The molecule has 3 heteroatoms. The minimum absolute atomic E-state index is 0.390. The number of hydrogen-bond acceptors (Lipinski definition) is 3. The van der Waals surface area contributed by atoms with Gasteiger partial charge in [0.2, 0.25) is 11.6 Å². The minimum Gasteiger partial charge on any atom is -0.483 e. The molecule has 0 aromatic heterocycles. The molecule has 90 valence electrons. The van der Waals surface area contributed by atoms with Crippen LogP contribution in [0, 0.1) is 0 Å². The number of ether oxygens (including phenoxy) is 1. The Morgan fingerprint density at radius 3 is 2.61 bits per heavy atom. The van der Waals surface area contributed by atoms with Gasteiger partial charge in [-0.3, -0.25) is 9.59 Å². The third-order valence-electron chi connectivity index (χ3n) is 3.13. The van der Waals surface area contributed by atoms with Gasteiger partial charge in [-0.2, -0.15) is 0 Å². The molecule has 0 atom stereocenters. The molecule has 2 aliphatic rings. The summed E-state index contributed by atoms with van der Waals surface area (Å²) in [6.07, 6.45) is 6.75.